The molecule has 0 aromatic rings. The maximum absolute atomic E-state index is 12.1. The average molecular weight is 260 g/mol. The Balaban J connectivity index is 2.39. The van der Waals surface area contributed by atoms with Gasteiger partial charge in [0.25, 0.3) is 0 Å². The van der Waals surface area contributed by atoms with Crippen LogP contribution >= 0.6 is 11.8 Å². The van der Waals surface area contributed by atoms with Crippen LogP contribution in [0.3, 0.4) is 0 Å². The van der Waals surface area contributed by atoms with Crippen LogP contribution in [0.2, 0.25) is 0 Å². The van der Waals surface area contributed by atoms with Crippen LogP contribution in [-0.4, -0.2) is 60.7 Å². The van der Waals surface area contributed by atoms with Crippen molar-refractivity contribution >= 4 is 17.7 Å². The number of hydrogen-bond donors (Lipinski definition) is 2. The van der Waals surface area contributed by atoms with Gasteiger partial charge in [-0.1, -0.05) is 0 Å². The van der Waals surface area contributed by atoms with Crippen LogP contribution in [0.15, 0.2) is 0 Å². The maximum atomic E-state index is 12.1. The summed E-state index contributed by atoms with van der Waals surface area (Å²) < 4.78 is 0. The van der Waals surface area contributed by atoms with E-state index >= 15 is 0 Å². The third-order valence-electron chi connectivity index (χ3n) is 3.19. The van der Waals surface area contributed by atoms with E-state index in [1.807, 2.05) is 6.26 Å². The molecule has 1 rings (SSSR count). The number of aliphatic hydroxyl groups is 1. The lowest BCUT2D eigenvalue weighted by Gasteiger charge is -2.30. The summed E-state index contributed by atoms with van der Waals surface area (Å²) >= 11 is 1.70. The maximum Gasteiger partial charge on any atom is 0.224 e. The second kappa shape index (κ2) is 7.95. The van der Waals surface area contributed by atoms with Gasteiger partial charge in [-0.15, -0.1) is 0 Å². The Morgan fingerprint density at radius 2 is 2.41 bits per heavy atom. The summed E-state index contributed by atoms with van der Waals surface area (Å²) in [6, 6.07) is 0.106. The van der Waals surface area contributed by atoms with Gasteiger partial charge in [-0.3, -0.25) is 4.79 Å². The first-order chi connectivity index (χ1) is 8.17. The molecule has 0 saturated carbocycles. The van der Waals surface area contributed by atoms with E-state index in [0.29, 0.717) is 6.42 Å². The van der Waals surface area contributed by atoms with Gasteiger partial charge in [-0.2, -0.15) is 11.8 Å². The molecule has 1 amide bonds. The zero-order valence-electron chi connectivity index (χ0n) is 10.8. The van der Waals surface area contributed by atoms with Crippen LogP contribution in [-0.2, 0) is 4.79 Å². The lowest BCUT2D eigenvalue weighted by Crippen LogP contribution is -2.46. The number of carbonyl (C=O) groups excluding carboxylic acids is 1. The van der Waals surface area contributed by atoms with E-state index in [0.717, 1.165) is 31.7 Å². The molecular formula is C12H24N2O2S. The quantitative estimate of drug-likeness (QED) is 0.733. The molecule has 1 fully saturated rings. The van der Waals surface area contributed by atoms with Crippen molar-refractivity contribution in [2.24, 2.45) is 5.92 Å². The third-order valence-corrected chi connectivity index (χ3v) is 3.92. The van der Waals surface area contributed by atoms with E-state index in [1.54, 1.807) is 11.8 Å². The highest BCUT2D eigenvalue weighted by molar-refractivity contribution is 7.98. The zero-order chi connectivity index (χ0) is 12.7. The minimum absolute atomic E-state index is 0.106. The fourth-order valence-electron chi connectivity index (χ4n) is 2.25. The second-order valence-corrected chi connectivity index (χ2v) is 5.69. The predicted molar refractivity (Wildman–Crippen MR) is 72.2 cm³/mol. The first kappa shape index (κ1) is 14.8. The highest BCUT2D eigenvalue weighted by Gasteiger charge is 2.25. The zero-order valence-corrected chi connectivity index (χ0v) is 11.6. The van der Waals surface area contributed by atoms with Crippen molar-refractivity contribution < 1.29 is 9.90 Å². The molecule has 0 spiro atoms. The van der Waals surface area contributed by atoms with E-state index in [1.165, 1.54) is 0 Å². The van der Waals surface area contributed by atoms with Crippen LogP contribution in [0.4, 0.5) is 0 Å². The summed E-state index contributed by atoms with van der Waals surface area (Å²) in [6.07, 6.45) is 4.75. The van der Waals surface area contributed by atoms with Crippen molar-refractivity contribution in [3.8, 4) is 0 Å². The van der Waals surface area contributed by atoms with Gasteiger partial charge in [0.15, 0.2) is 0 Å². The Hall–Kier alpha value is -0.260. The minimum Gasteiger partial charge on any atom is -0.396 e. The Bertz CT molecular complexity index is 233. The van der Waals surface area contributed by atoms with Gasteiger partial charge in [0.1, 0.15) is 0 Å². The number of aliphatic hydroxyl groups excluding tert-OH is 1. The summed E-state index contributed by atoms with van der Waals surface area (Å²) in [4.78, 5) is 14.3. The second-order valence-electron chi connectivity index (χ2n) is 4.77. The Labute approximate surface area is 108 Å². The van der Waals surface area contributed by atoms with Crippen molar-refractivity contribution in [1.29, 1.82) is 0 Å². The van der Waals surface area contributed by atoms with Gasteiger partial charge in [-0.25, -0.2) is 0 Å². The molecule has 1 saturated heterocycles. The van der Waals surface area contributed by atoms with Crippen molar-refractivity contribution in [3.05, 3.63) is 0 Å². The van der Waals surface area contributed by atoms with Crippen LogP contribution < -0.4 is 5.32 Å². The summed E-state index contributed by atoms with van der Waals surface area (Å²) in [6.45, 7) is 2.09. The van der Waals surface area contributed by atoms with Crippen molar-refractivity contribution in [1.82, 2.24) is 10.2 Å². The topological polar surface area (TPSA) is 52.6 Å². The highest BCUT2D eigenvalue weighted by atomic mass is 32.2. The van der Waals surface area contributed by atoms with E-state index in [2.05, 4.69) is 17.3 Å². The van der Waals surface area contributed by atoms with E-state index < -0.39 is 0 Å². The molecule has 2 unspecified atom stereocenters. The lowest BCUT2D eigenvalue weighted by molar-refractivity contribution is -0.127. The Morgan fingerprint density at radius 1 is 1.65 bits per heavy atom. The fraction of sp³-hybridized carbons (Fsp3) is 0.917. The molecule has 1 aliphatic rings. The van der Waals surface area contributed by atoms with Crippen LogP contribution in [0.5, 0.6) is 0 Å². The van der Waals surface area contributed by atoms with E-state index in [9.17, 15) is 4.79 Å². The third kappa shape index (κ3) is 5.27. The average Bonchev–Trinajstić information content (AvgIpc) is 2.29. The van der Waals surface area contributed by atoms with Gasteiger partial charge in [0.05, 0.1) is 5.92 Å². The molecule has 2 atom stereocenters. The number of rotatable bonds is 6. The minimum atomic E-state index is 0.106. The molecule has 17 heavy (non-hydrogen) atoms. The number of amides is 1. The molecule has 0 aromatic heterocycles. The Kier molecular flexibility index (Phi) is 6.92. The smallest absolute Gasteiger partial charge is 0.224 e. The van der Waals surface area contributed by atoms with Gasteiger partial charge >= 0.3 is 0 Å². The molecule has 0 radical (unpaired) electrons. The SMILES string of the molecule is CSCC(CCO)NC(=O)C1CCCN(C)C1. The first-order valence-electron chi connectivity index (χ1n) is 6.26. The normalized spacial score (nSPS) is 23.4. The first-order valence-corrected chi connectivity index (χ1v) is 7.65. The predicted octanol–water partition coefficient (Wildman–Crippen LogP) is 0.558. The largest absolute Gasteiger partial charge is 0.396 e. The molecule has 1 aliphatic heterocycles. The van der Waals surface area contributed by atoms with Gasteiger partial charge in [0, 0.05) is 24.9 Å². The number of hydrogen-bond acceptors (Lipinski definition) is 4. The Morgan fingerprint density at radius 3 is 3.00 bits per heavy atom. The molecule has 0 aromatic carbocycles. The number of likely N-dealkylation sites (tertiary alicyclic amines) is 1. The molecule has 2 N–H and O–H groups in total. The summed E-state index contributed by atoms with van der Waals surface area (Å²) in [5, 5.41) is 12.0. The highest BCUT2D eigenvalue weighted by Crippen LogP contribution is 2.15. The van der Waals surface area contributed by atoms with Crippen LogP contribution in [0.1, 0.15) is 19.3 Å². The summed E-state index contributed by atoms with van der Waals surface area (Å²) in [5.41, 5.74) is 0. The number of carbonyl (C=O) groups is 1. The van der Waals surface area contributed by atoms with Crippen molar-refractivity contribution in [2.75, 3.05) is 38.8 Å². The molecule has 5 heteroatoms. The number of nitrogens with one attached hydrogen (secondary N) is 1. The van der Waals surface area contributed by atoms with Gasteiger partial charge in [-0.05, 0) is 39.1 Å². The van der Waals surface area contributed by atoms with Crippen LogP contribution in [0, 0.1) is 5.92 Å². The fourth-order valence-corrected chi connectivity index (χ4v) is 2.91. The molecule has 4 nitrogen and oxygen atoms in total. The summed E-state index contributed by atoms with van der Waals surface area (Å²) in [5.74, 6) is 1.15. The van der Waals surface area contributed by atoms with Gasteiger partial charge < -0.3 is 15.3 Å². The summed E-state index contributed by atoms with van der Waals surface area (Å²) in [7, 11) is 2.06. The standard InChI is InChI=1S/C12H24N2O2S/c1-14-6-3-4-10(8-14)12(16)13-11(5-7-15)9-17-2/h10-11,15H,3-9H2,1-2H3,(H,13,16). The molecule has 0 aliphatic carbocycles. The number of nitrogens with zero attached hydrogens (tertiary/aromatic N) is 1. The van der Waals surface area contributed by atoms with E-state index in [-0.39, 0.29) is 24.5 Å². The van der Waals surface area contributed by atoms with Crippen molar-refractivity contribution in [2.45, 2.75) is 25.3 Å². The van der Waals surface area contributed by atoms with E-state index in [4.69, 9.17) is 5.11 Å². The molecule has 1 heterocycles. The molecule has 100 valence electrons. The number of thioether (sulfide) groups is 1. The van der Waals surface area contributed by atoms with Crippen LogP contribution in [0.25, 0.3) is 0 Å². The van der Waals surface area contributed by atoms with Gasteiger partial charge in [0.2, 0.25) is 5.91 Å². The molecule has 0 bridgehead atoms. The van der Waals surface area contributed by atoms with Crippen molar-refractivity contribution in [3.63, 3.8) is 0 Å². The lowest BCUT2D eigenvalue weighted by atomic mass is 9.97. The number of piperidine rings is 1. The molecular weight excluding hydrogens is 236 g/mol. The monoisotopic (exact) mass is 260 g/mol.